The van der Waals surface area contributed by atoms with E-state index in [0.717, 1.165) is 19.3 Å². The van der Waals surface area contributed by atoms with Crippen molar-refractivity contribution in [2.24, 2.45) is 0 Å². The lowest BCUT2D eigenvalue weighted by atomic mass is 10.1. The van der Waals surface area contributed by atoms with Crippen LogP contribution in [0.1, 0.15) is 69.7 Å². The Morgan fingerprint density at radius 1 is 0.900 bits per heavy atom. The third kappa shape index (κ3) is 8.10. The van der Waals surface area contributed by atoms with Gasteiger partial charge in [-0.15, -0.1) is 0 Å². The van der Waals surface area contributed by atoms with E-state index < -0.39 is 10.0 Å². The Kier molecular flexibility index (Phi) is 9.23. The number of hydrogen-bond acceptors (Lipinski definition) is 5. The second-order valence-electron chi connectivity index (χ2n) is 7.52. The fourth-order valence-electron chi connectivity index (χ4n) is 3.13. The molecule has 1 aromatic carbocycles. The highest BCUT2D eigenvalue weighted by Crippen LogP contribution is 2.17. The zero-order valence-electron chi connectivity index (χ0n) is 18.1. The molecule has 0 radical (unpaired) electrons. The molecule has 0 unspecified atom stereocenters. The predicted octanol–water partition coefficient (Wildman–Crippen LogP) is 4.97. The fourth-order valence-corrected chi connectivity index (χ4v) is 4.08. The minimum absolute atomic E-state index is 0.0413. The largest absolute Gasteiger partial charge is 0.326 e. The van der Waals surface area contributed by atoms with Gasteiger partial charge in [0.15, 0.2) is 0 Å². The Morgan fingerprint density at radius 3 is 2.07 bits per heavy atom. The molecule has 0 saturated heterocycles. The van der Waals surface area contributed by atoms with Crippen molar-refractivity contribution in [1.82, 2.24) is 9.97 Å². The standard InChI is InChI=1S/C22H32N4O3S/c1-4-5-6-7-8-9-10-11-21(27)25-19-12-14-20(15-13-19)30(28,29)26-22-23-17(2)16-18(3)24-22/h12-16H,4-11H2,1-3H3,(H,25,27)(H,23,24,26). The van der Waals surface area contributed by atoms with Gasteiger partial charge in [0.05, 0.1) is 4.90 Å². The lowest BCUT2D eigenvalue weighted by molar-refractivity contribution is -0.116. The summed E-state index contributed by atoms with van der Waals surface area (Å²) < 4.78 is 27.5. The quantitative estimate of drug-likeness (QED) is 0.461. The lowest BCUT2D eigenvalue weighted by Crippen LogP contribution is -2.16. The van der Waals surface area contributed by atoms with Crippen molar-refractivity contribution in [2.45, 2.75) is 77.0 Å². The van der Waals surface area contributed by atoms with E-state index >= 15 is 0 Å². The number of aryl methyl sites for hydroxylation is 2. The minimum atomic E-state index is -3.81. The average Bonchev–Trinajstić information content (AvgIpc) is 2.66. The van der Waals surface area contributed by atoms with Gasteiger partial charge in [-0.25, -0.2) is 23.1 Å². The molecule has 0 aliphatic carbocycles. The van der Waals surface area contributed by atoms with Crippen molar-refractivity contribution in [3.63, 3.8) is 0 Å². The van der Waals surface area contributed by atoms with Crippen LogP contribution in [0.5, 0.6) is 0 Å². The maximum absolute atomic E-state index is 12.5. The van der Waals surface area contributed by atoms with Crippen LogP contribution in [0.3, 0.4) is 0 Å². The molecule has 0 fully saturated rings. The molecule has 1 aromatic heterocycles. The van der Waals surface area contributed by atoms with Crippen molar-refractivity contribution >= 4 is 27.6 Å². The maximum Gasteiger partial charge on any atom is 0.264 e. The van der Waals surface area contributed by atoms with Crippen LogP contribution in [0.15, 0.2) is 35.2 Å². The predicted molar refractivity (Wildman–Crippen MR) is 120 cm³/mol. The SMILES string of the molecule is CCCCCCCCCC(=O)Nc1ccc(S(=O)(=O)Nc2nc(C)cc(C)n2)cc1. The molecule has 0 bridgehead atoms. The van der Waals surface area contributed by atoms with Gasteiger partial charge in [-0.2, -0.15) is 0 Å². The van der Waals surface area contributed by atoms with Crippen LogP contribution in [0.4, 0.5) is 11.6 Å². The van der Waals surface area contributed by atoms with Gasteiger partial charge in [0, 0.05) is 23.5 Å². The van der Waals surface area contributed by atoms with E-state index in [9.17, 15) is 13.2 Å². The fraction of sp³-hybridized carbons (Fsp3) is 0.500. The molecular weight excluding hydrogens is 400 g/mol. The normalized spacial score (nSPS) is 11.3. The summed E-state index contributed by atoms with van der Waals surface area (Å²) in [6.07, 6.45) is 8.56. The third-order valence-electron chi connectivity index (χ3n) is 4.66. The van der Waals surface area contributed by atoms with Crippen molar-refractivity contribution in [1.29, 1.82) is 0 Å². The molecule has 2 rings (SSSR count). The Morgan fingerprint density at radius 2 is 1.47 bits per heavy atom. The molecule has 30 heavy (non-hydrogen) atoms. The number of sulfonamides is 1. The van der Waals surface area contributed by atoms with E-state index in [1.54, 1.807) is 32.0 Å². The molecule has 0 atom stereocenters. The van der Waals surface area contributed by atoms with E-state index in [1.165, 1.54) is 37.8 Å². The van der Waals surface area contributed by atoms with Crippen molar-refractivity contribution < 1.29 is 13.2 Å². The Bertz CT molecular complexity index is 908. The Balaban J connectivity index is 1.84. The van der Waals surface area contributed by atoms with Gasteiger partial charge in [-0.3, -0.25) is 4.79 Å². The summed E-state index contributed by atoms with van der Waals surface area (Å²) in [5.74, 6) is -0.0134. The molecule has 1 heterocycles. The van der Waals surface area contributed by atoms with Gasteiger partial charge >= 0.3 is 0 Å². The summed E-state index contributed by atoms with van der Waals surface area (Å²) in [5, 5.41) is 2.82. The first-order chi connectivity index (χ1) is 14.3. The highest BCUT2D eigenvalue weighted by molar-refractivity contribution is 7.92. The molecule has 0 aliphatic heterocycles. The minimum Gasteiger partial charge on any atom is -0.326 e. The number of carbonyl (C=O) groups excluding carboxylic acids is 1. The zero-order valence-corrected chi connectivity index (χ0v) is 18.9. The Labute approximate surface area is 179 Å². The molecular formula is C22H32N4O3S. The number of hydrogen-bond donors (Lipinski definition) is 2. The summed E-state index contributed by atoms with van der Waals surface area (Å²) in [4.78, 5) is 20.4. The molecule has 164 valence electrons. The van der Waals surface area contributed by atoms with Crippen LogP contribution >= 0.6 is 0 Å². The highest BCUT2D eigenvalue weighted by Gasteiger charge is 2.16. The topological polar surface area (TPSA) is 101 Å². The van der Waals surface area contributed by atoms with Crippen LogP contribution in [0.25, 0.3) is 0 Å². The number of unbranched alkanes of at least 4 members (excludes halogenated alkanes) is 6. The Hall–Kier alpha value is -2.48. The first-order valence-electron chi connectivity index (χ1n) is 10.5. The number of nitrogens with one attached hydrogen (secondary N) is 2. The molecule has 0 aliphatic rings. The van der Waals surface area contributed by atoms with E-state index in [4.69, 9.17) is 0 Å². The van der Waals surface area contributed by atoms with Gasteiger partial charge in [0.25, 0.3) is 10.0 Å². The second kappa shape index (κ2) is 11.6. The van der Waals surface area contributed by atoms with Gasteiger partial charge in [-0.1, -0.05) is 45.4 Å². The number of anilines is 2. The first-order valence-corrected chi connectivity index (χ1v) is 12.0. The van der Waals surface area contributed by atoms with E-state index in [-0.39, 0.29) is 16.8 Å². The molecule has 2 aromatic rings. The van der Waals surface area contributed by atoms with E-state index in [2.05, 4.69) is 26.9 Å². The van der Waals surface area contributed by atoms with E-state index in [0.29, 0.717) is 23.5 Å². The monoisotopic (exact) mass is 432 g/mol. The maximum atomic E-state index is 12.5. The summed E-state index contributed by atoms with van der Waals surface area (Å²) in [6, 6.07) is 7.84. The van der Waals surface area contributed by atoms with Crippen LogP contribution in [-0.4, -0.2) is 24.3 Å². The molecule has 7 nitrogen and oxygen atoms in total. The number of carbonyl (C=O) groups is 1. The van der Waals surface area contributed by atoms with Crippen LogP contribution in [-0.2, 0) is 14.8 Å². The van der Waals surface area contributed by atoms with Crippen LogP contribution in [0, 0.1) is 13.8 Å². The second-order valence-corrected chi connectivity index (χ2v) is 9.21. The van der Waals surface area contributed by atoms with Gasteiger partial charge in [-0.05, 0) is 50.6 Å². The van der Waals surface area contributed by atoms with Gasteiger partial charge in [0.2, 0.25) is 11.9 Å². The highest BCUT2D eigenvalue weighted by atomic mass is 32.2. The molecule has 0 spiro atoms. The summed E-state index contributed by atoms with van der Waals surface area (Å²) in [7, 11) is -3.81. The number of amides is 1. The average molecular weight is 433 g/mol. The van der Waals surface area contributed by atoms with Gasteiger partial charge < -0.3 is 5.32 Å². The zero-order chi connectivity index (χ0) is 22.0. The van der Waals surface area contributed by atoms with Crippen molar-refractivity contribution in [2.75, 3.05) is 10.0 Å². The summed E-state index contributed by atoms with van der Waals surface area (Å²) in [6.45, 7) is 5.75. The van der Waals surface area contributed by atoms with Crippen molar-refractivity contribution in [3.8, 4) is 0 Å². The van der Waals surface area contributed by atoms with Gasteiger partial charge in [0.1, 0.15) is 0 Å². The molecule has 0 saturated carbocycles. The number of aromatic nitrogens is 2. The lowest BCUT2D eigenvalue weighted by Gasteiger charge is -2.09. The smallest absolute Gasteiger partial charge is 0.264 e. The molecule has 2 N–H and O–H groups in total. The van der Waals surface area contributed by atoms with Crippen LogP contribution < -0.4 is 10.0 Å². The number of rotatable bonds is 12. The molecule has 1 amide bonds. The third-order valence-corrected chi connectivity index (χ3v) is 6.01. The first kappa shape index (κ1) is 23.8. The number of benzene rings is 1. The van der Waals surface area contributed by atoms with Crippen molar-refractivity contribution in [3.05, 3.63) is 41.7 Å². The molecule has 8 heteroatoms. The van der Waals surface area contributed by atoms with Crippen LogP contribution in [0.2, 0.25) is 0 Å². The number of nitrogens with zero attached hydrogens (tertiary/aromatic N) is 2. The van der Waals surface area contributed by atoms with E-state index in [1.807, 2.05) is 0 Å². The summed E-state index contributed by atoms with van der Waals surface area (Å²) >= 11 is 0. The summed E-state index contributed by atoms with van der Waals surface area (Å²) in [5.41, 5.74) is 1.93.